The van der Waals surface area contributed by atoms with Crippen LogP contribution in [0.2, 0.25) is 0 Å². The summed E-state index contributed by atoms with van der Waals surface area (Å²) in [6.07, 6.45) is 0.124. The molecule has 5 heteroatoms. The molecule has 0 aliphatic heterocycles. The molecule has 0 saturated carbocycles. The topological polar surface area (TPSA) is 75.6 Å². The standard InChI is InChI=1S/C9H17NO4/c1-6(2)5-9(13,8(12)14-4)10-7(3)11/h6,13H,5H2,1-4H3,(H,10,11). The number of esters is 1. The van der Waals surface area contributed by atoms with Gasteiger partial charge < -0.3 is 15.2 Å². The Morgan fingerprint density at radius 1 is 1.50 bits per heavy atom. The molecule has 0 spiro atoms. The lowest BCUT2D eigenvalue weighted by Gasteiger charge is -2.27. The first kappa shape index (κ1) is 12.9. The number of hydrogen-bond acceptors (Lipinski definition) is 4. The van der Waals surface area contributed by atoms with E-state index in [4.69, 9.17) is 0 Å². The Morgan fingerprint density at radius 3 is 2.29 bits per heavy atom. The summed E-state index contributed by atoms with van der Waals surface area (Å²) in [6.45, 7) is 4.89. The van der Waals surface area contributed by atoms with Gasteiger partial charge in [-0.25, -0.2) is 4.79 Å². The summed E-state index contributed by atoms with van der Waals surface area (Å²) in [4.78, 5) is 22.0. The van der Waals surface area contributed by atoms with E-state index in [1.54, 1.807) is 0 Å². The Hall–Kier alpha value is -1.10. The smallest absolute Gasteiger partial charge is 0.359 e. The quantitative estimate of drug-likeness (QED) is 0.499. The average Bonchev–Trinajstić information content (AvgIpc) is 1.99. The molecule has 1 unspecified atom stereocenters. The van der Waals surface area contributed by atoms with E-state index in [1.807, 2.05) is 13.8 Å². The molecule has 0 aromatic carbocycles. The van der Waals surface area contributed by atoms with Gasteiger partial charge in [0.1, 0.15) is 0 Å². The van der Waals surface area contributed by atoms with E-state index in [0.717, 1.165) is 7.11 Å². The van der Waals surface area contributed by atoms with Crippen LogP contribution < -0.4 is 5.32 Å². The van der Waals surface area contributed by atoms with Crippen molar-refractivity contribution < 1.29 is 19.4 Å². The van der Waals surface area contributed by atoms with Gasteiger partial charge in [0.05, 0.1) is 7.11 Å². The lowest BCUT2D eigenvalue weighted by molar-refractivity contribution is -0.170. The van der Waals surface area contributed by atoms with Gasteiger partial charge >= 0.3 is 5.97 Å². The van der Waals surface area contributed by atoms with Crippen molar-refractivity contribution in [2.75, 3.05) is 7.11 Å². The van der Waals surface area contributed by atoms with Crippen LogP contribution in [0.1, 0.15) is 27.2 Å². The van der Waals surface area contributed by atoms with Gasteiger partial charge in [-0.05, 0) is 5.92 Å². The Labute approximate surface area is 83.4 Å². The van der Waals surface area contributed by atoms with Crippen LogP contribution in [0.5, 0.6) is 0 Å². The minimum absolute atomic E-state index is 0.0611. The first-order chi connectivity index (χ1) is 6.31. The molecule has 14 heavy (non-hydrogen) atoms. The zero-order chi connectivity index (χ0) is 11.4. The predicted octanol–water partition coefficient (Wildman–Crippen LogP) is 0.0302. The van der Waals surface area contributed by atoms with E-state index in [9.17, 15) is 14.7 Å². The number of carbonyl (C=O) groups excluding carboxylic acids is 2. The molecule has 0 fully saturated rings. The number of methoxy groups -OCH3 is 1. The third kappa shape index (κ3) is 3.74. The third-order valence-corrected chi connectivity index (χ3v) is 1.61. The number of aliphatic hydroxyl groups is 1. The number of nitrogens with one attached hydrogen (secondary N) is 1. The minimum atomic E-state index is -1.91. The van der Waals surface area contributed by atoms with E-state index < -0.39 is 17.6 Å². The van der Waals surface area contributed by atoms with E-state index in [0.29, 0.717) is 0 Å². The number of hydrogen-bond donors (Lipinski definition) is 2. The highest BCUT2D eigenvalue weighted by Crippen LogP contribution is 2.15. The monoisotopic (exact) mass is 203 g/mol. The second-order valence-corrected chi connectivity index (χ2v) is 3.63. The van der Waals surface area contributed by atoms with Crippen molar-refractivity contribution in [1.82, 2.24) is 5.32 Å². The summed E-state index contributed by atoms with van der Waals surface area (Å²) >= 11 is 0. The van der Waals surface area contributed by atoms with Crippen LogP contribution in [0.15, 0.2) is 0 Å². The lowest BCUT2D eigenvalue weighted by atomic mass is 10.0. The van der Waals surface area contributed by atoms with E-state index in [1.165, 1.54) is 6.92 Å². The molecule has 1 atom stereocenters. The number of carbonyl (C=O) groups is 2. The second kappa shape index (κ2) is 4.95. The van der Waals surface area contributed by atoms with E-state index in [2.05, 4.69) is 10.1 Å². The van der Waals surface area contributed by atoms with Gasteiger partial charge in [-0.3, -0.25) is 4.79 Å². The molecule has 0 bridgehead atoms. The summed E-state index contributed by atoms with van der Waals surface area (Å²) in [5.74, 6) is -1.26. The van der Waals surface area contributed by atoms with Crippen LogP contribution in [0.4, 0.5) is 0 Å². The van der Waals surface area contributed by atoms with Crippen molar-refractivity contribution in [2.45, 2.75) is 32.9 Å². The fourth-order valence-corrected chi connectivity index (χ4v) is 1.24. The molecule has 2 N–H and O–H groups in total. The molecule has 0 radical (unpaired) electrons. The summed E-state index contributed by atoms with van der Waals surface area (Å²) in [5, 5.41) is 12.0. The van der Waals surface area contributed by atoms with Crippen molar-refractivity contribution in [3.63, 3.8) is 0 Å². The molecule has 0 saturated heterocycles. The average molecular weight is 203 g/mol. The summed E-state index contributed by atoms with van der Waals surface area (Å²) < 4.78 is 4.41. The molecular weight excluding hydrogens is 186 g/mol. The first-order valence-corrected chi connectivity index (χ1v) is 4.41. The SMILES string of the molecule is COC(=O)C(O)(CC(C)C)NC(C)=O. The van der Waals surface area contributed by atoms with Crippen LogP contribution >= 0.6 is 0 Å². The highest BCUT2D eigenvalue weighted by molar-refractivity contribution is 5.85. The molecule has 0 aromatic rings. The highest BCUT2D eigenvalue weighted by atomic mass is 16.5. The maximum atomic E-state index is 11.2. The molecule has 0 heterocycles. The fraction of sp³-hybridized carbons (Fsp3) is 0.778. The van der Waals surface area contributed by atoms with Crippen molar-refractivity contribution in [3.05, 3.63) is 0 Å². The van der Waals surface area contributed by atoms with Crippen LogP contribution in [-0.4, -0.2) is 29.8 Å². The van der Waals surface area contributed by atoms with Crippen LogP contribution in [0, 0.1) is 5.92 Å². The van der Waals surface area contributed by atoms with Crippen LogP contribution in [-0.2, 0) is 14.3 Å². The first-order valence-electron chi connectivity index (χ1n) is 4.41. The molecular formula is C9H17NO4. The van der Waals surface area contributed by atoms with Gasteiger partial charge in [0.2, 0.25) is 11.6 Å². The Kier molecular flexibility index (Phi) is 4.56. The maximum Gasteiger partial charge on any atom is 0.359 e. The van der Waals surface area contributed by atoms with Crippen molar-refractivity contribution >= 4 is 11.9 Å². The molecule has 82 valence electrons. The zero-order valence-corrected chi connectivity index (χ0v) is 8.96. The van der Waals surface area contributed by atoms with Crippen LogP contribution in [0.25, 0.3) is 0 Å². The maximum absolute atomic E-state index is 11.2. The number of rotatable bonds is 4. The molecule has 0 aromatic heterocycles. The normalized spacial score (nSPS) is 14.7. The molecule has 0 rings (SSSR count). The van der Waals surface area contributed by atoms with Gasteiger partial charge in [-0.2, -0.15) is 0 Å². The summed E-state index contributed by atoms with van der Waals surface area (Å²) in [5.41, 5.74) is -1.91. The molecule has 1 amide bonds. The van der Waals surface area contributed by atoms with Gasteiger partial charge in [-0.15, -0.1) is 0 Å². The fourth-order valence-electron chi connectivity index (χ4n) is 1.24. The van der Waals surface area contributed by atoms with Gasteiger partial charge in [0.25, 0.3) is 0 Å². The Balaban J connectivity index is 4.65. The highest BCUT2D eigenvalue weighted by Gasteiger charge is 2.38. The molecule has 5 nitrogen and oxygen atoms in total. The third-order valence-electron chi connectivity index (χ3n) is 1.61. The van der Waals surface area contributed by atoms with Gasteiger partial charge in [0, 0.05) is 13.3 Å². The van der Waals surface area contributed by atoms with Gasteiger partial charge in [0.15, 0.2) is 0 Å². The van der Waals surface area contributed by atoms with Gasteiger partial charge in [-0.1, -0.05) is 13.8 Å². The lowest BCUT2D eigenvalue weighted by Crippen LogP contribution is -2.55. The molecule has 0 aliphatic carbocycles. The summed E-state index contributed by atoms with van der Waals surface area (Å²) in [7, 11) is 1.16. The van der Waals surface area contributed by atoms with Crippen molar-refractivity contribution in [1.29, 1.82) is 0 Å². The van der Waals surface area contributed by atoms with Crippen LogP contribution in [0.3, 0.4) is 0 Å². The number of ether oxygens (including phenoxy) is 1. The Morgan fingerprint density at radius 2 is 2.00 bits per heavy atom. The molecule has 0 aliphatic rings. The number of amides is 1. The summed E-state index contributed by atoms with van der Waals surface area (Å²) in [6, 6.07) is 0. The van der Waals surface area contributed by atoms with Crippen molar-refractivity contribution in [2.24, 2.45) is 5.92 Å². The second-order valence-electron chi connectivity index (χ2n) is 3.63. The predicted molar refractivity (Wildman–Crippen MR) is 50.2 cm³/mol. The minimum Gasteiger partial charge on any atom is -0.465 e. The van der Waals surface area contributed by atoms with Crippen molar-refractivity contribution in [3.8, 4) is 0 Å². The van der Waals surface area contributed by atoms with E-state index in [-0.39, 0.29) is 12.3 Å². The largest absolute Gasteiger partial charge is 0.465 e. The van der Waals surface area contributed by atoms with E-state index >= 15 is 0 Å². The zero-order valence-electron chi connectivity index (χ0n) is 8.96. The Bertz CT molecular complexity index is 227.